The second-order valence-electron chi connectivity index (χ2n) is 3.94. The lowest BCUT2D eigenvalue weighted by Crippen LogP contribution is -1.77. The number of fused-ring (bicyclic) bond motifs is 2. The molecule has 0 aliphatic carbocycles. The number of hydrogen-bond acceptors (Lipinski definition) is 4. The summed E-state index contributed by atoms with van der Waals surface area (Å²) in [6, 6.07) is 14.3. The van der Waals surface area contributed by atoms with E-state index in [2.05, 4.69) is 16.0 Å². The molecule has 0 atom stereocenters. The lowest BCUT2D eigenvalue weighted by atomic mass is 10.2. The van der Waals surface area contributed by atoms with E-state index in [1.54, 1.807) is 6.07 Å². The van der Waals surface area contributed by atoms with Crippen LogP contribution in [-0.4, -0.2) is 9.97 Å². The summed E-state index contributed by atoms with van der Waals surface area (Å²) in [5.41, 5.74) is 3.84. The molecule has 0 unspecified atom stereocenters. The van der Waals surface area contributed by atoms with Gasteiger partial charge in [-0.1, -0.05) is 12.1 Å². The Bertz CT molecular complexity index is 812. The quantitative estimate of drug-likeness (QED) is 0.507. The molecule has 2 aromatic heterocycles. The molecule has 0 aliphatic heterocycles. The fourth-order valence-corrected chi connectivity index (χ4v) is 1.91. The average molecular weight is 235 g/mol. The van der Waals surface area contributed by atoms with E-state index in [1.807, 2.05) is 30.3 Å². The van der Waals surface area contributed by atoms with Crippen LogP contribution in [0.4, 0.5) is 0 Å². The second-order valence-corrected chi connectivity index (χ2v) is 3.94. The van der Waals surface area contributed by atoms with Crippen LogP contribution in [0.2, 0.25) is 0 Å². The summed E-state index contributed by atoms with van der Waals surface area (Å²) in [5, 5.41) is 0. The predicted molar refractivity (Wildman–Crippen MR) is 65.8 cm³/mol. The summed E-state index contributed by atoms with van der Waals surface area (Å²) in [4.78, 5) is 8.52. The number of rotatable bonds is 1. The summed E-state index contributed by atoms with van der Waals surface area (Å²) in [6.45, 7) is 0. The molecule has 0 amide bonds. The van der Waals surface area contributed by atoms with Gasteiger partial charge in [-0.2, -0.15) is 0 Å². The Morgan fingerprint density at radius 2 is 2.00 bits per heavy atom. The van der Waals surface area contributed by atoms with Crippen molar-refractivity contribution in [3.05, 3.63) is 48.9 Å². The van der Waals surface area contributed by atoms with Gasteiger partial charge in [0.25, 0.3) is 0 Å². The van der Waals surface area contributed by atoms with Crippen molar-refractivity contribution < 1.29 is 8.83 Å². The first-order valence-corrected chi connectivity index (χ1v) is 5.51. The summed E-state index contributed by atoms with van der Waals surface area (Å²) >= 11 is 0. The highest BCUT2D eigenvalue weighted by Crippen LogP contribution is 2.26. The molecular weight excluding hydrogens is 228 g/mol. The van der Waals surface area contributed by atoms with Gasteiger partial charge in [0.2, 0.25) is 5.89 Å². The monoisotopic (exact) mass is 235 g/mol. The Hall–Kier alpha value is -2.62. The largest absolute Gasteiger partial charge is 0.443 e. The predicted octanol–water partition coefficient (Wildman–Crippen LogP) is 3.44. The zero-order chi connectivity index (χ0) is 11.9. The van der Waals surface area contributed by atoms with E-state index >= 15 is 0 Å². The topological polar surface area (TPSA) is 52.1 Å². The van der Waals surface area contributed by atoms with Gasteiger partial charge in [-0.3, -0.25) is 0 Å². The van der Waals surface area contributed by atoms with Crippen molar-refractivity contribution in [2.24, 2.45) is 0 Å². The maximum Gasteiger partial charge on any atom is 0.228 e. The van der Waals surface area contributed by atoms with Gasteiger partial charge in [0.05, 0.1) is 0 Å². The molecule has 0 N–H and O–H groups in total. The Labute approximate surface area is 102 Å². The highest BCUT2D eigenvalue weighted by molar-refractivity contribution is 5.80. The first-order valence-electron chi connectivity index (χ1n) is 5.51. The van der Waals surface area contributed by atoms with Gasteiger partial charge in [-0.05, 0) is 30.3 Å². The molecular formula is C14H7N2O2. The van der Waals surface area contributed by atoms with Crippen LogP contribution in [0.25, 0.3) is 33.7 Å². The minimum Gasteiger partial charge on any atom is -0.443 e. The number of nitrogens with zero attached hydrogens (tertiary/aromatic N) is 2. The van der Waals surface area contributed by atoms with E-state index in [1.165, 1.54) is 6.39 Å². The maximum atomic E-state index is 5.68. The van der Waals surface area contributed by atoms with Crippen molar-refractivity contribution in [3.8, 4) is 11.5 Å². The third kappa shape index (κ3) is 1.32. The van der Waals surface area contributed by atoms with Crippen molar-refractivity contribution in [2.75, 3.05) is 0 Å². The summed E-state index contributed by atoms with van der Waals surface area (Å²) < 4.78 is 10.9. The van der Waals surface area contributed by atoms with Crippen LogP contribution < -0.4 is 0 Å². The van der Waals surface area contributed by atoms with Crippen molar-refractivity contribution in [2.45, 2.75) is 0 Å². The van der Waals surface area contributed by atoms with E-state index in [0.717, 1.165) is 22.2 Å². The van der Waals surface area contributed by atoms with Crippen molar-refractivity contribution in [3.63, 3.8) is 0 Å². The van der Waals surface area contributed by atoms with Gasteiger partial charge in [-0.25, -0.2) is 9.97 Å². The Morgan fingerprint density at radius 3 is 2.94 bits per heavy atom. The zero-order valence-corrected chi connectivity index (χ0v) is 9.25. The SMILES string of the molecule is [c]1cc2ocnc2cc1-c1nc2ccccc2o1. The zero-order valence-electron chi connectivity index (χ0n) is 9.25. The molecule has 85 valence electrons. The molecule has 2 heterocycles. The van der Waals surface area contributed by atoms with Crippen LogP contribution in [0.5, 0.6) is 0 Å². The molecule has 4 heteroatoms. The highest BCUT2D eigenvalue weighted by Gasteiger charge is 2.09. The smallest absolute Gasteiger partial charge is 0.228 e. The first kappa shape index (κ1) is 9.41. The summed E-state index contributed by atoms with van der Waals surface area (Å²) in [6.07, 6.45) is 1.41. The molecule has 2 aromatic carbocycles. The molecule has 1 radical (unpaired) electrons. The summed E-state index contributed by atoms with van der Waals surface area (Å²) in [7, 11) is 0. The number of para-hydroxylation sites is 2. The minimum absolute atomic E-state index is 0.543. The van der Waals surface area contributed by atoms with Crippen LogP contribution in [-0.2, 0) is 0 Å². The first-order chi connectivity index (χ1) is 8.90. The molecule has 0 aliphatic rings. The van der Waals surface area contributed by atoms with Crippen LogP contribution in [0, 0.1) is 6.07 Å². The van der Waals surface area contributed by atoms with Gasteiger partial charge in [0, 0.05) is 5.56 Å². The second kappa shape index (κ2) is 3.43. The molecule has 18 heavy (non-hydrogen) atoms. The van der Waals surface area contributed by atoms with E-state index in [-0.39, 0.29) is 0 Å². The van der Waals surface area contributed by atoms with Gasteiger partial charge in [0.15, 0.2) is 17.6 Å². The molecule has 4 nitrogen and oxygen atoms in total. The van der Waals surface area contributed by atoms with E-state index in [0.29, 0.717) is 11.5 Å². The van der Waals surface area contributed by atoms with Crippen molar-refractivity contribution in [1.29, 1.82) is 0 Å². The van der Waals surface area contributed by atoms with Crippen molar-refractivity contribution >= 4 is 22.2 Å². The van der Waals surface area contributed by atoms with Crippen LogP contribution in [0.3, 0.4) is 0 Å². The standard InChI is InChI=1S/C14H7N2O2/c1-2-4-13-10(3-1)16-14(18-13)9-5-6-12-11(7-9)15-8-17-12/h1-4,6-8H. The fraction of sp³-hybridized carbons (Fsp3) is 0. The number of hydrogen-bond donors (Lipinski definition) is 0. The van der Waals surface area contributed by atoms with E-state index in [9.17, 15) is 0 Å². The minimum atomic E-state index is 0.543. The van der Waals surface area contributed by atoms with Crippen LogP contribution >= 0.6 is 0 Å². The molecule has 4 aromatic rings. The Morgan fingerprint density at radius 1 is 1.06 bits per heavy atom. The van der Waals surface area contributed by atoms with E-state index in [4.69, 9.17) is 8.83 Å². The third-order valence-corrected chi connectivity index (χ3v) is 2.79. The number of benzene rings is 2. The third-order valence-electron chi connectivity index (χ3n) is 2.79. The Balaban J connectivity index is 1.94. The van der Waals surface area contributed by atoms with Gasteiger partial charge in [0.1, 0.15) is 11.0 Å². The Kier molecular flexibility index (Phi) is 1.80. The van der Waals surface area contributed by atoms with E-state index < -0.39 is 0 Å². The molecule has 4 rings (SSSR count). The normalized spacial score (nSPS) is 11.3. The van der Waals surface area contributed by atoms with Gasteiger partial charge in [-0.15, -0.1) is 0 Å². The lowest BCUT2D eigenvalue weighted by Gasteiger charge is -1.92. The van der Waals surface area contributed by atoms with Crippen molar-refractivity contribution in [1.82, 2.24) is 9.97 Å². The van der Waals surface area contributed by atoms with Crippen LogP contribution in [0.15, 0.2) is 51.6 Å². The number of aromatic nitrogens is 2. The molecule has 0 spiro atoms. The maximum absolute atomic E-state index is 5.68. The van der Waals surface area contributed by atoms with Crippen LogP contribution in [0.1, 0.15) is 0 Å². The van der Waals surface area contributed by atoms with Gasteiger partial charge < -0.3 is 8.83 Å². The lowest BCUT2D eigenvalue weighted by molar-refractivity contribution is 0.602. The average Bonchev–Trinajstić information content (AvgIpc) is 3.04. The molecule has 0 fully saturated rings. The highest BCUT2D eigenvalue weighted by atomic mass is 16.3. The van der Waals surface area contributed by atoms with Gasteiger partial charge >= 0.3 is 0 Å². The molecule has 0 saturated heterocycles. The fourth-order valence-electron chi connectivity index (χ4n) is 1.91. The number of oxazole rings is 2. The summed E-state index contributed by atoms with van der Waals surface area (Å²) in [5.74, 6) is 0.543. The molecule has 0 saturated carbocycles. The molecule has 0 bridgehead atoms.